The third kappa shape index (κ3) is 2.05. The molecule has 3 nitrogen and oxygen atoms in total. The van der Waals surface area contributed by atoms with Crippen LogP contribution in [0.15, 0.2) is 16.9 Å². The molecular formula is C8H14N2O. The Morgan fingerprint density at radius 3 is 2.64 bits per heavy atom. The van der Waals surface area contributed by atoms with Gasteiger partial charge in [-0.15, -0.1) is 0 Å². The van der Waals surface area contributed by atoms with Crippen molar-refractivity contribution < 1.29 is 4.74 Å². The minimum Gasteiger partial charge on any atom is -0.378 e. The Bertz CT molecular complexity index is 159. The number of rotatable bonds is 2. The number of nitrogens with zero attached hydrogens (tertiary/aromatic N) is 2. The van der Waals surface area contributed by atoms with Crippen molar-refractivity contribution in [3.63, 3.8) is 0 Å². The van der Waals surface area contributed by atoms with Gasteiger partial charge in [0.2, 0.25) is 0 Å². The molecule has 0 atom stereocenters. The number of hydrogen-bond acceptors (Lipinski definition) is 3. The third-order valence-corrected chi connectivity index (χ3v) is 1.76. The molecule has 0 N–H and O–H groups in total. The van der Waals surface area contributed by atoms with Crippen molar-refractivity contribution in [2.45, 2.75) is 6.92 Å². The smallest absolute Gasteiger partial charge is 0.123 e. The second-order valence-electron chi connectivity index (χ2n) is 2.40. The lowest BCUT2D eigenvalue weighted by atomic mass is 10.4. The topological polar surface area (TPSA) is 24.8 Å². The maximum Gasteiger partial charge on any atom is 0.123 e. The average molecular weight is 154 g/mol. The molecule has 1 aliphatic rings. The van der Waals surface area contributed by atoms with Gasteiger partial charge in [-0.25, -0.2) is 4.99 Å². The van der Waals surface area contributed by atoms with Crippen molar-refractivity contribution in [2.75, 3.05) is 26.3 Å². The van der Waals surface area contributed by atoms with Gasteiger partial charge in [0, 0.05) is 13.1 Å². The van der Waals surface area contributed by atoms with E-state index in [0.717, 1.165) is 32.1 Å². The van der Waals surface area contributed by atoms with E-state index < -0.39 is 0 Å². The highest BCUT2D eigenvalue weighted by Crippen LogP contribution is 2.07. The normalized spacial score (nSPS) is 20.1. The Morgan fingerprint density at radius 2 is 2.18 bits per heavy atom. The standard InChI is InChI=1S/C8H14N2O/c1-3-8(9-2)10-4-6-11-7-5-10/h3H,2,4-7H2,1H3. The molecule has 0 aromatic heterocycles. The van der Waals surface area contributed by atoms with Crippen molar-refractivity contribution in [2.24, 2.45) is 4.99 Å². The maximum absolute atomic E-state index is 5.21. The molecule has 0 aromatic rings. The van der Waals surface area contributed by atoms with Gasteiger partial charge in [-0.2, -0.15) is 0 Å². The van der Waals surface area contributed by atoms with Crippen LogP contribution in [0, 0.1) is 0 Å². The number of aliphatic imine (C=N–C) groups is 1. The molecule has 1 saturated heterocycles. The molecule has 0 aliphatic carbocycles. The zero-order valence-corrected chi connectivity index (χ0v) is 6.92. The summed E-state index contributed by atoms with van der Waals surface area (Å²) >= 11 is 0. The first-order chi connectivity index (χ1) is 5.38. The minimum absolute atomic E-state index is 0.798. The van der Waals surface area contributed by atoms with Crippen LogP contribution in [0.1, 0.15) is 6.92 Å². The Morgan fingerprint density at radius 1 is 1.55 bits per heavy atom. The summed E-state index contributed by atoms with van der Waals surface area (Å²) in [6.07, 6.45) is 1.97. The maximum atomic E-state index is 5.21. The molecule has 0 radical (unpaired) electrons. The largest absolute Gasteiger partial charge is 0.378 e. The highest BCUT2D eigenvalue weighted by molar-refractivity contribution is 5.28. The summed E-state index contributed by atoms with van der Waals surface area (Å²) in [6.45, 7) is 8.93. The van der Waals surface area contributed by atoms with E-state index in [4.69, 9.17) is 4.74 Å². The van der Waals surface area contributed by atoms with Crippen LogP contribution < -0.4 is 0 Å². The van der Waals surface area contributed by atoms with Crippen molar-refractivity contribution in [3.05, 3.63) is 11.9 Å². The first kappa shape index (κ1) is 8.27. The van der Waals surface area contributed by atoms with E-state index in [1.807, 2.05) is 13.0 Å². The molecule has 0 unspecified atom stereocenters. The summed E-state index contributed by atoms with van der Waals surface area (Å²) in [5.74, 6) is 0.966. The van der Waals surface area contributed by atoms with Crippen LogP contribution in [0.5, 0.6) is 0 Å². The summed E-state index contributed by atoms with van der Waals surface area (Å²) in [5.41, 5.74) is 0. The lowest BCUT2D eigenvalue weighted by Gasteiger charge is -2.28. The van der Waals surface area contributed by atoms with E-state index >= 15 is 0 Å². The third-order valence-electron chi connectivity index (χ3n) is 1.76. The first-order valence-corrected chi connectivity index (χ1v) is 3.84. The highest BCUT2D eigenvalue weighted by Gasteiger charge is 2.10. The van der Waals surface area contributed by atoms with Crippen molar-refractivity contribution in [1.82, 2.24) is 4.90 Å². The summed E-state index contributed by atoms with van der Waals surface area (Å²) in [7, 11) is 0. The van der Waals surface area contributed by atoms with E-state index in [1.54, 1.807) is 0 Å². The number of ether oxygens (including phenoxy) is 1. The fraction of sp³-hybridized carbons (Fsp3) is 0.625. The van der Waals surface area contributed by atoms with Gasteiger partial charge in [-0.1, -0.05) is 0 Å². The fourth-order valence-electron chi connectivity index (χ4n) is 1.17. The van der Waals surface area contributed by atoms with Crippen LogP contribution in [0.25, 0.3) is 0 Å². The van der Waals surface area contributed by atoms with Crippen LogP contribution in [-0.4, -0.2) is 37.9 Å². The molecule has 0 saturated carbocycles. The summed E-state index contributed by atoms with van der Waals surface area (Å²) in [6, 6.07) is 0. The minimum atomic E-state index is 0.798. The SMILES string of the molecule is C=NC(=CC)N1CCOCC1. The van der Waals surface area contributed by atoms with E-state index in [-0.39, 0.29) is 0 Å². The van der Waals surface area contributed by atoms with Crippen LogP contribution in [0.3, 0.4) is 0 Å². The van der Waals surface area contributed by atoms with Crippen LogP contribution in [-0.2, 0) is 4.74 Å². The van der Waals surface area contributed by atoms with Gasteiger partial charge in [0.05, 0.1) is 13.2 Å². The molecule has 1 rings (SSSR count). The predicted octanol–water partition coefficient (Wildman–Crippen LogP) is 0.881. The van der Waals surface area contributed by atoms with E-state index in [9.17, 15) is 0 Å². The predicted molar refractivity (Wildman–Crippen MR) is 45.7 cm³/mol. The zero-order valence-electron chi connectivity index (χ0n) is 6.92. The Hall–Kier alpha value is -0.830. The molecule has 0 bridgehead atoms. The molecular weight excluding hydrogens is 140 g/mol. The van der Waals surface area contributed by atoms with E-state index in [0.29, 0.717) is 0 Å². The molecule has 0 spiro atoms. The Balaban J connectivity index is 2.49. The van der Waals surface area contributed by atoms with Gasteiger partial charge >= 0.3 is 0 Å². The van der Waals surface area contributed by atoms with Gasteiger partial charge in [0.25, 0.3) is 0 Å². The fourth-order valence-corrected chi connectivity index (χ4v) is 1.17. The van der Waals surface area contributed by atoms with Gasteiger partial charge in [0.1, 0.15) is 5.82 Å². The lowest BCUT2D eigenvalue weighted by molar-refractivity contribution is 0.0531. The molecule has 1 aliphatic heterocycles. The molecule has 62 valence electrons. The van der Waals surface area contributed by atoms with Gasteiger partial charge in [-0.3, -0.25) is 0 Å². The molecule has 3 heteroatoms. The van der Waals surface area contributed by atoms with Gasteiger partial charge in [0.15, 0.2) is 0 Å². The molecule has 0 amide bonds. The first-order valence-electron chi connectivity index (χ1n) is 3.84. The van der Waals surface area contributed by atoms with Gasteiger partial charge < -0.3 is 9.64 Å². The molecule has 0 aromatic carbocycles. The molecule has 1 heterocycles. The monoisotopic (exact) mass is 154 g/mol. The second kappa shape index (κ2) is 4.13. The van der Waals surface area contributed by atoms with E-state index in [1.165, 1.54) is 0 Å². The Kier molecular flexibility index (Phi) is 3.11. The molecule has 1 fully saturated rings. The van der Waals surface area contributed by atoms with Crippen LogP contribution in [0.2, 0.25) is 0 Å². The zero-order chi connectivity index (χ0) is 8.10. The quantitative estimate of drug-likeness (QED) is 0.551. The second-order valence-corrected chi connectivity index (χ2v) is 2.40. The van der Waals surface area contributed by atoms with Crippen molar-refractivity contribution in [1.29, 1.82) is 0 Å². The summed E-state index contributed by atoms with van der Waals surface area (Å²) in [5, 5.41) is 0. The Labute approximate surface area is 67.4 Å². The lowest BCUT2D eigenvalue weighted by Crippen LogP contribution is -2.34. The van der Waals surface area contributed by atoms with Gasteiger partial charge in [-0.05, 0) is 19.7 Å². The summed E-state index contributed by atoms with van der Waals surface area (Å²) in [4.78, 5) is 6.09. The number of hydrogen-bond donors (Lipinski definition) is 0. The van der Waals surface area contributed by atoms with Crippen molar-refractivity contribution >= 4 is 6.72 Å². The van der Waals surface area contributed by atoms with E-state index in [2.05, 4.69) is 16.6 Å². The number of morpholine rings is 1. The number of allylic oxidation sites excluding steroid dienone is 1. The van der Waals surface area contributed by atoms with Crippen LogP contribution in [0.4, 0.5) is 0 Å². The average Bonchev–Trinajstić information content (AvgIpc) is 2.09. The molecule has 11 heavy (non-hydrogen) atoms. The summed E-state index contributed by atoms with van der Waals surface area (Å²) < 4.78 is 5.21. The van der Waals surface area contributed by atoms with Crippen molar-refractivity contribution in [3.8, 4) is 0 Å². The highest BCUT2D eigenvalue weighted by atomic mass is 16.5. The van der Waals surface area contributed by atoms with Crippen LogP contribution >= 0.6 is 0 Å².